The van der Waals surface area contributed by atoms with E-state index in [1.807, 2.05) is 0 Å². The second kappa shape index (κ2) is 6.89. The van der Waals surface area contributed by atoms with E-state index in [0.717, 1.165) is 19.3 Å². The number of H-pyrrole nitrogens is 1. The van der Waals surface area contributed by atoms with Crippen LogP contribution in [0.15, 0.2) is 21.5 Å². The smallest absolute Gasteiger partial charge is 0.308 e. The van der Waals surface area contributed by atoms with Gasteiger partial charge in [0.15, 0.2) is 0 Å². The molecule has 2 rings (SSSR count). The van der Waals surface area contributed by atoms with Crippen molar-refractivity contribution in [3.63, 3.8) is 0 Å². The lowest BCUT2D eigenvalue weighted by atomic mass is 9.94. The van der Waals surface area contributed by atoms with Gasteiger partial charge in [-0.3, -0.25) is 14.4 Å². The Morgan fingerprint density at radius 1 is 1.29 bits per heavy atom. The van der Waals surface area contributed by atoms with Crippen molar-refractivity contribution in [1.82, 2.24) is 10.3 Å². The number of carbonyl (C=O) groups is 2. The molecule has 0 aromatic carbocycles. The van der Waals surface area contributed by atoms with Gasteiger partial charge in [-0.15, -0.1) is 0 Å². The fourth-order valence-corrected chi connectivity index (χ4v) is 2.98. The third kappa shape index (κ3) is 3.93. The van der Waals surface area contributed by atoms with E-state index in [-0.39, 0.29) is 22.0 Å². The number of carboxylic acid groups (broad SMARTS) is 1. The molecular formula is C14H17BrN2O4. The number of aliphatic carboxylic acids is 1. The van der Waals surface area contributed by atoms with E-state index in [9.17, 15) is 19.5 Å². The predicted molar refractivity (Wildman–Crippen MR) is 80.2 cm³/mol. The number of hydrogen-bond donors (Lipinski definition) is 3. The lowest BCUT2D eigenvalue weighted by Gasteiger charge is -2.22. The summed E-state index contributed by atoms with van der Waals surface area (Å²) in [5, 5.41) is 12.1. The first-order valence-corrected chi connectivity index (χ1v) is 7.70. The Bertz CT molecular complexity index is 599. The number of amides is 1. The van der Waals surface area contributed by atoms with Crippen molar-refractivity contribution in [3.05, 3.63) is 32.7 Å². The van der Waals surface area contributed by atoms with Crippen LogP contribution in [0.5, 0.6) is 0 Å². The maximum atomic E-state index is 12.2. The Balaban J connectivity index is 2.13. The highest BCUT2D eigenvalue weighted by molar-refractivity contribution is 9.10. The Morgan fingerprint density at radius 2 is 2.00 bits per heavy atom. The van der Waals surface area contributed by atoms with E-state index < -0.39 is 11.9 Å². The lowest BCUT2D eigenvalue weighted by molar-refractivity contribution is -0.142. The average molecular weight is 357 g/mol. The van der Waals surface area contributed by atoms with Gasteiger partial charge in [-0.1, -0.05) is 19.3 Å². The fourth-order valence-electron chi connectivity index (χ4n) is 2.61. The van der Waals surface area contributed by atoms with Crippen molar-refractivity contribution in [2.45, 2.75) is 38.1 Å². The van der Waals surface area contributed by atoms with E-state index in [4.69, 9.17) is 0 Å². The van der Waals surface area contributed by atoms with Gasteiger partial charge in [-0.05, 0) is 34.8 Å². The number of nitrogens with one attached hydrogen (secondary N) is 2. The molecule has 1 aliphatic rings. The molecule has 1 aromatic rings. The fraction of sp³-hybridized carbons (Fsp3) is 0.500. The van der Waals surface area contributed by atoms with Gasteiger partial charge < -0.3 is 15.4 Å². The average Bonchev–Trinajstić information content (AvgIpc) is 2.67. The van der Waals surface area contributed by atoms with Crippen LogP contribution in [0.1, 0.15) is 42.5 Å². The van der Waals surface area contributed by atoms with E-state index in [2.05, 4.69) is 26.2 Å². The molecule has 0 bridgehead atoms. The maximum Gasteiger partial charge on any atom is 0.308 e. The van der Waals surface area contributed by atoms with Crippen LogP contribution < -0.4 is 10.9 Å². The number of carboxylic acids is 1. The summed E-state index contributed by atoms with van der Waals surface area (Å²) in [5.41, 5.74) is -0.0145. The minimum absolute atomic E-state index is 0.269. The molecule has 7 heteroatoms. The highest BCUT2D eigenvalue weighted by Crippen LogP contribution is 2.24. The van der Waals surface area contributed by atoms with Crippen LogP contribution in [0.25, 0.3) is 0 Å². The molecule has 0 spiro atoms. The van der Waals surface area contributed by atoms with Gasteiger partial charge in [0.25, 0.3) is 11.5 Å². The number of rotatable bonds is 3. The Hall–Kier alpha value is -1.63. The largest absolute Gasteiger partial charge is 0.481 e. The molecule has 1 fully saturated rings. The molecular weight excluding hydrogens is 340 g/mol. The predicted octanol–water partition coefficient (Wildman–Crippen LogP) is 1.90. The lowest BCUT2D eigenvalue weighted by Crippen LogP contribution is -2.43. The Morgan fingerprint density at radius 3 is 2.67 bits per heavy atom. The van der Waals surface area contributed by atoms with Crippen molar-refractivity contribution < 1.29 is 14.7 Å². The summed E-state index contributed by atoms with van der Waals surface area (Å²) in [5.74, 6) is -1.79. The van der Waals surface area contributed by atoms with E-state index >= 15 is 0 Å². The van der Waals surface area contributed by atoms with E-state index in [1.54, 1.807) is 0 Å². The summed E-state index contributed by atoms with van der Waals surface area (Å²) >= 11 is 3.07. The third-order valence-corrected chi connectivity index (χ3v) is 4.36. The Kier molecular flexibility index (Phi) is 5.17. The SMILES string of the molecule is O=C(N[C@H]1CCCCC[C@H]1C(=O)O)c1c[nH]c(=O)c(Br)c1. The summed E-state index contributed by atoms with van der Waals surface area (Å²) < 4.78 is 0.269. The van der Waals surface area contributed by atoms with Crippen molar-refractivity contribution in [3.8, 4) is 0 Å². The molecule has 6 nitrogen and oxygen atoms in total. The molecule has 0 saturated heterocycles. The van der Waals surface area contributed by atoms with E-state index in [1.165, 1.54) is 12.3 Å². The number of hydrogen-bond acceptors (Lipinski definition) is 3. The zero-order chi connectivity index (χ0) is 15.4. The van der Waals surface area contributed by atoms with Gasteiger partial charge in [0.1, 0.15) is 0 Å². The normalized spacial score (nSPS) is 22.3. The highest BCUT2D eigenvalue weighted by Gasteiger charge is 2.30. The van der Waals surface area contributed by atoms with Crippen molar-refractivity contribution in [2.75, 3.05) is 0 Å². The summed E-state index contributed by atoms with van der Waals surface area (Å²) in [6.07, 6.45) is 5.33. The van der Waals surface area contributed by atoms with Gasteiger partial charge in [-0.25, -0.2) is 0 Å². The molecule has 1 aromatic heterocycles. The standard InChI is InChI=1S/C14H17BrN2O4/c15-10-6-8(7-16-13(10)19)12(18)17-11-5-3-1-2-4-9(11)14(20)21/h6-7,9,11H,1-5H2,(H,16,19)(H,17,18)(H,20,21)/t9-,11+/m1/s1. The van der Waals surface area contributed by atoms with Gasteiger partial charge >= 0.3 is 5.97 Å². The molecule has 2 atom stereocenters. The third-order valence-electron chi connectivity index (χ3n) is 3.77. The number of halogens is 1. The highest BCUT2D eigenvalue weighted by atomic mass is 79.9. The molecule has 1 saturated carbocycles. The van der Waals surface area contributed by atoms with Crippen LogP contribution >= 0.6 is 15.9 Å². The molecule has 1 aliphatic carbocycles. The number of pyridine rings is 1. The zero-order valence-electron chi connectivity index (χ0n) is 11.4. The topological polar surface area (TPSA) is 99.3 Å². The van der Waals surface area contributed by atoms with Crippen LogP contribution in [-0.4, -0.2) is 28.0 Å². The molecule has 1 amide bonds. The summed E-state index contributed by atoms with van der Waals surface area (Å²) in [7, 11) is 0. The first-order valence-electron chi connectivity index (χ1n) is 6.91. The van der Waals surface area contributed by atoms with E-state index in [0.29, 0.717) is 18.4 Å². The number of aromatic nitrogens is 1. The minimum atomic E-state index is -0.871. The molecule has 1 heterocycles. The second-order valence-electron chi connectivity index (χ2n) is 5.23. The van der Waals surface area contributed by atoms with Crippen LogP contribution in [0.4, 0.5) is 0 Å². The second-order valence-corrected chi connectivity index (χ2v) is 6.08. The van der Waals surface area contributed by atoms with Crippen LogP contribution in [0, 0.1) is 5.92 Å². The molecule has 0 aliphatic heterocycles. The Labute approximate surface area is 130 Å². The molecule has 3 N–H and O–H groups in total. The van der Waals surface area contributed by atoms with Crippen LogP contribution in [-0.2, 0) is 4.79 Å². The first kappa shape index (κ1) is 15.8. The van der Waals surface area contributed by atoms with Crippen molar-refractivity contribution in [2.24, 2.45) is 5.92 Å². The summed E-state index contributed by atoms with van der Waals surface area (Å²) in [6, 6.07) is 1.06. The van der Waals surface area contributed by atoms with Crippen LogP contribution in [0.3, 0.4) is 0 Å². The molecule has 114 valence electrons. The summed E-state index contributed by atoms with van der Waals surface area (Å²) in [6.45, 7) is 0. The molecule has 21 heavy (non-hydrogen) atoms. The zero-order valence-corrected chi connectivity index (χ0v) is 13.0. The minimum Gasteiger partial charge on any atom is -0.481 e. The molecule has 0 unspecified atom stereocenters. The first-order chi connectivity index (χ1) is 9.99. The van der Waals surface area contributed by atoms with Gasteiger partial charge in [0.05, 0.1) is 16.0 Å². The number of carbonyl (C=O) groups excluding carboxylic acids is 1. The van der Waals surface area contributed by atoms with Crippen molar-refractivity contribution in [1.29, 1.82) is 0 Å². The van der Waals surface area contributed by atoms with Gasteiger partial charge in [0.2, 0.25) is 0 Å². The molecule has 0 radical (unpaired) electrons. The van der Waals surface area contributed by atoms with Gasteiger partial charge in [0, 0.05) is 12.2 Å². The maximum absolute atomic E-state index is 12.2. The monoisotopic (exact) mass is 356 g/mol. The number of aromatic amines is 1. The quantitative estimate of drug-likeness (QED) is 0.720. The van der Waals surface area contributed by atoms with Crippen LogP contribution in [0.2, 0.25) is 0 Å². The summed E-state index contributed by atoms with van der Waals surface area (Å²) in [4.78, 5) is 37.2. The van der Waals surface area contributed by atoms with Crippen molar-refractivity contribution >= 4 is 27.8 Å². The van der Waals surface area contributed by atoms with Gasteiger partial charge in [-0.2, -0.15) is 0 Å².